The number of amides is 1. The second-order valence-corrected chi connectivity index (χ2v) is 6.92. The van der Waals surface area contributed by atoms with E-state index in [-0.39, 0.29) is 17.3 Å². The van der Waals surface area contributed by atoms with E-state index in [2.05, 4.69) is 32.3 Å². The third-order valence-electron chi connectivity index (χ3n) is 4.76. The molecule has 0 saturated heterocycles. The molecule has 0 aliphatic rings. The maximum atomic E-state index is 12.9. The van der Waals surface area contributed by atoms with E-state index in [1.807, 2.05) is 42.5 Å². The number of carbonyl (C=O) groups excluding carboxylic acids is 1. The van der Waals surface area contributed by atoms with Gasteiger partial charge in [0.15, 0.2) is 5.65 Å². The summed E-state index contributed by atoms with van der Waals surface area (Å²) in [5.41, 5.74) is 9.56. The first-order chi connectivity index (χ1) is 14.7. The fourth-order valence-corrected chi connectivity index (χ4v) is 3.22. The number of hydrogen-bond donors (Lipinski definition) is 2. The molecule has 3 N–H and O–H groups in total. The molecule has 0 fully saturated rings. The molecule has 8 heteroatoms. The number of nitrogens with two attached hydrogens (primary N) is 1. The summed E-state index contributed by atoms with van der Waals surface area (Å²) < 4.78 is 1.45. The minimum absolute atomic E-state index is 0.195. The first-order valence-corrected chi connectivity index (χ1v) is 9.99. The van der Waals surface area contributed by atoms with Crippen molar-refractivity contribution < 1.29 is 4.79 Å². The smallest absolute Gasteiger partial charge is 0.257 e. The normalized spacial score (nSPS) is 11.5. The van der Waals surface area contributed by atoms with Gasteiger partial charge in [-0.25, -0.2) is 9.97 Å². The molecule has 30 heavy (non-hydrogen) atoms. The first-order valence-electron chi connectivity index (χ1n) is 9.99. The number of hydrogen-bond acceptors (Lipinski definition) is 6. The van der Waals surface area contributed by atoms with E-state index in [0.29, 0.717) is 34.4 Å². The van der Waals surface area contributed by atoms with Gasteiger partial charge in [0.25, 0.3) is 5.91 Å². The van der Waals surface area contributed by atoms with E-state index in [1.165, 1.54) is 4.68 Å². The van der Waals surface area contributed by atoms with Gasteiger partial charge in [-0.2, -0.15) is 9.78 Å². The largest absolute Gasteiger partial charge is 0.383 e. The predicted octanol–water partition coefficient (Wildman–Crippen LogP) is 3.36. The van der Waals surface area contributed by atoms with Crippen LogP contribution in [0.1, 0.15) is 42.2 Å². The SMILES string of the molecule is CCCCCNC(=O)c1c(N)n(/N=C\c2ccccn2)c2nc3ccccc3nc12. The second-order valence-electron chi connectivity index (χ2n) is 6.92. The number of carbonyl (C=O) groups is 1. The first kappa shape index (κ1) is 19.5. The molecule has 0 bridgehead atoms. The number of benzene rings is 1. The van der Waals surface area contributed by atoms with Gasteiger partial charge in [0.1, 0.15) is 16.9 Å². The van der Waals surface area contributed by atoms with Gasteiger partial charge in [0.05, 0.1) is 22.9 Å². The van der Waals surface area contributed by atoms with Gasteiger partial charge in [-0.05, 0) is 30.7 Å². The molecule has 3 aromatic heterocycles. The monoisotopic (exact) mass is 401 g/mol. The average molecular weight is 401 g/mol. The lowest BCUT2D eigenvalue weighted by molar-refractivity contribution is 0.0955. The van der Waals surface area contributed by atoms with Crippen molar-refractivity contribution in [1.82, 2.24) is 24.9 Å². The summed E-state index contributed by atoms with van der Waals surface area (Å²) in [4.78, 5) is 26.5. The quantitative estimate of drug-likeness (QED) is 0.364. The number of pyridine rings is 1. The number of fused-ring (bicyclic) bond motifs is 2. The van der Waals surface area contributed by atoms with E-state index in [1.54, 1.807) is 12.4 Å². The lowest BCUT2D eigenvalue weighted by Crippen LogP contribution is -2.25. The van der Waals surface area contributed by atoms with E-state index >= 15 is 0 Å². The van der Waals surface area contributed by atoms with Crippen LogP contribution in [-0.4, -0.2) is 38.3 Å². The van der Waals surface area contributed by atoms with E-state index in [4.69, 9.17) is 5.73 Å². The third kappa shape index (κ3) is 3.84. The van der Waals surface area contributed by atoms with E-state index in [0.717, 1.165) is 19.3 Å². The molecule has 0 saturated carbocycles. The van der Waals surface area contributed by atoms with E-state index < -0.39 is 0 Å². The molecule has 0 radical (unpaired) electrons. The molecule has 3 heterocycles. The molecule has 1 aromatic carbocycles. The fourth-order valence-electron chi connectivity index (χ4n) is 3.22. The number of aromatic nitrogens is 4. The van der Waals surface area contributed by atoms with Crippen LogP contribution >= 0.6 is 0 Å². The van der Waals surface area contributed by atoms with Crippen molar-refractivity contribution in [3.8, 4) is 0 Å². The highest BCUT2D eigenvalue weighted by molar-refractivity contribution is 6.10. The van der Waals surface area contributed by atoms with Crippen molar-refractivity contribution >= 4 is 40.1 Å². The van der Waals surface area contributed by atoms with Gasteiger partial charge in [-0.1, -0.05) is 38.0 Å². The van der Waals surface area contributed by atoms with Crippen molar-refractivity contribution in [2.24, 2.45) is 5.10 Å². The van der Waals surface area contributed by atoms with Crippen molar-refractivity contribution in [1.29, 1.82) is 0 Å². The summed E-state index contributed by atoms with van der Waals surface area (Å²) in [5.74, 6) is -0.0783. The van der Waals surface area contributed by atoms with Crippen molar-refractivity contribution in [2.75, 3.05) is 12.3 Å². The molecule has 0 spiro atoms. The maximum absolute atomic E-state index is 12.9. The average Bonchev–Trinajstić information content (AvgIpc) is 3.04. The van der Waals surface area contributed by atoms with Gasteiger partial charge >= 0.3 is 0 Å². The van der Waals surface area contributed by atoms with Gasteiger partial charge in [0.2, 0.25) is 0 Å². The summed E-state index contributed by atoms with van der Waals surface area (Å²) in [6.45, 7) is 2.70. The number of nitrogen functional groups attached to an aromatic ring is 1. The van der Waals surface area contributed by atoms with Crippen molar-refractivity contribution in [3.63, 3.8) is 0 Å². The van der Waals surface area contributed by atoms with Crippen LogP contribution in [0, 0.1) is 0 Å². The molecular weight excluding hydrogens is 378 g/mol. The Balaban J connectivity index is 1.81. The zero-order chi connectivity index (χ0) is 20.9. The van der Waals surface area contributed by atoms with Crippen LogP contribution in [0.4, 0.5) is 5.82 Å². The topological polar surface area (TPSA) is 111 Å². The maximum Gasteiger partial charge on any atom is 0.257 e. The summed E-state index contributed by atoms with van der Waals surface area (Å²) in [6, 6.07) is 13.0. The zero-order valence-electron chi connectivity index (χ0n) is 16.7. The molecule has 4 rings (SSSR count). The van der Waals surface area contributed by atoms with Gasteiger partial charge in [-0.15, -0.1) is 0 Å². The Morgan fingerprint density at radius 2 is 1.90 bits per heavy atom. The molecule has 8 nitrogen and oxygen atoms in total. The highest BCUT2D eigenvalue weighted by Crippen LogP contribution is 2.27. The van der Waals surface area contributed by atoms with Gasteiger partial charge in [0, 0.05) is 12.7 Å². The zero-order valence-corrected chi connectivity index (χ0v) is 16.7. The molecule has 1 amide bonds. The lowest BCUT2D eigenvalue weighted by Gasteiger charge is -2.04. The number of nitrogens with zero attached hydrogens (tertiary/aromatic N) is 5. The minimum Gasteiger partial charge on any atom is -0.383 e. The Labute approximate surface area is 173 Å². The third-order valence-corrected chi connectivity index (χ3v) is 4.76. The van der Waals surface area contributed by atoms with Crippen LogP contribution in [0.5, 0.6) is 0 Å². The predicted molar refractivity (Wildman–Crippen MR) is 119 cm³/mol. The number of anilines is 1. The van der Waals surface area contributed by atoms with Crippen LogP contribution in [0.3, 0.4) is 0 Å². The summed E-state index contributed by atoms with van der Waals surface area (Å²) in [6.07, 6.45) is 6.30. The Morgan fingerprint density at radius 3 is 2.63 bits per heavy atom. The Kier molecular flexibility index (Phi) is 5.65. The van der Waals surface area contributed by atoms with Crippen molar-refractivity contribution in [2.45, 2.75) is 26.2 Å². The number of unbranched alkanes of at least 4 members (excludes halogenated alkanes) is 2. The van der Waals surface area contributed by atoms with Crippen LogP contribution in [0.25, 0.3) is 22.2 Å². The van der Waals surface area contributed by atoms with Crippen LogP contribution in [0.2, 0.25) is 0 Å². The van der Waals surface area contributed by atoms with Crippen LogP contribution < -0.4 is 11.1 Å². The molecular formula is C22H23N7O. The highest BCUT2D eigenvalue weighted by atomic mass is 16.1. The summed E-state index contributed by atoms with van der Waals surface area (Å²) >= 11 is 0. The van der Waals surface area contributed by atoms with Gasteiger partial charge in [-0.3, -0.25) is 9.78 Å². The summed E-state index contributed by atoms with van der Waals surface area (Å²) in [5, 5.41) is 7.38. The molecule has 0 atom stereocenters. The Bertz CT molecular complexity index is 1210. The Hall–Kier alpha value is -3.81. The minimum atomic E-state index is -0.273. The van der Waals surface area contributed by atoms with Crippen LogP contribution in [0.15, 0.2) is 53.8 Å². The Morgan fingerprint density at radius 1 is 1.13 bits per heavy atom. The number of rotatable bonds is 7. The van der Waals surface area contributed by atoms with E-state index in [9.17, 15) is 4.79 Å². The molecule has 152 valence electrons. The fraction of sp³-hybridized carbons (Fsp3) is 0.227. The van der Waals surface area contributed by atoms with Crippen molar-refractivity contribution in [3.05, 3.63) is 59.9 Å². The highest BCUT2D eigenvalue weighted by Gasteiger charge is 2.23. The lowest BCUT2D eigenvalue weighted by atomic mass is 10.2. The molecule has 4 aromatic rings. The molecule has 0 aliphatic heterocycles. The molecule has 0 unspecified atom stereocenters. The number of nitrogens with one attached hydrogen (secondary N) is 1. The standard InChI is InChI=1S/C22H23N7O/c1-2-3-7-13-25-22(30)18-19-21(28-17-11-5-4-10-16(17)27-19)29(20(18)23)26-14-15-9-6-8-12-24-15/h4-6,8-12,14H,2-3,7,13,23H2,1H3,(H,25,30)/b26-14-. The molecule has 0 aliphatic carbocycles. The number of para-hydroxylation sites is 2. The second kappa shape index (κ2) is 8.69. The van der Waals surface area contributed by atoms with Crippen LogP contribution in [-0.2, 0) is 0 Å². The van der Waals surface area contributed by atoms with Gasteiger partial charge < -0.3 is 11.1 Å². The summed E-state index contributed by atoms with van der Waals surface area (Å²) in [7, 11) is 0.